The van der Waals surface area contributed by atoms with Gasteiger partial charge in [-0.15, -0.1) is 0 Å². The summed E-state index contributed by atoms with van der Waals surface area (Å²) < 4.78 is 28.0. The van der Waals surface area contributed by atoms with Crippen LogP contribution in [0, 0.1) is 0 Å². The minimum absolute atomic E-state index is 0.276. The number of pyridine rings is 1. The lowest BCUT2D eigenvalue weighted by atomic mass is 10.0. The molecule has 0 unspecified atom stereocenters. The first-order chi connectivity index (χ1) is 14.6. The number of hydrogen-bond donors (Lipinski definition) is 2. The van der Waals surface area contributed by atoms with Crippen molar-refractivity contribution in [2.75, 3.05) is 19.6 Å². The Bertz CT molecular complexity index is 1290. The van der Waals surface area contributed by atoms with Crippen LogP contribution in [0.25, 0.3) is 27.6 Å². The number of aromatic nitrogens is 1. The summed E-state index contributed by atoms with van der Waals surface area (Å²) in [6.45, 7) is 1.50. The Hall–Kier alpha value is -3.06. The number of sulfonamides is 1. The van der Waals surface area contributed by atoms with Crippen LogP contribution in [-0.4, -0.2) is 33.0 Å². The fourth-order valence-corrected chi connectivity index (χ4v) is 4.71. The monoisotopic (exact) mass is 417 g/mol. The first-order valence-electron chi connectivity index (χ1n) is 9.82. The standard InChI is InChI=1S/C24H23N3O2S/c28-30(29,24-12-4-9-21-18-26-15-13-23(21)24)27-17-16-25-14-5-10-20-8-3-7-19-6-1-2-11-22(19)20/h1-13,15,18,25,27H,14,16-17H2. The Morgan fingerprint density at radius 2 is 1.63 bits per heavy atom. The van der Waals surface area contributed by atoms with Gasteiger partial charge in [0.2, 0.25) is 10.0 Å². The van der Waals surface area contributed by atoms with Gasteiger partial charge in [0.15, 0.2) is 0 Å². The van der Waals surface area contributed by atoms with Gasteiger partial charge in [-0.2, -0.15) is 0 Å². The summed E-state index contributed by atoms with van der Waals surface area (Å²) in [5.41, 5.74) is 1.17. The molecule has 2 N–H and O–H groups in total. The molecule has 5 nitrogen and oxygen atoms in total. The lowest BCUT2D eigenvalue weighted by molar-refractivity contribution is 0.579. The third-order valence-corrected chi connectivity index (χ3v) is 6.43. The predicted molar refractivity (Wildman–Crippen MR) is 123 cm³/mol. The second kappa shape index (κ2) is 9.17. The minimum atomic E-state index is -3.58. The molecule has 0 radical (unpaired) electrons. The van der Waals surface area contributed by atoms with Crippen molar-refractivity contribution < 1.29 is 8.42 Å². The van der Waals surface area contributed by atoms with Crippen molar-refractivity contribution in [3.8, 4) is 0 Å². The van der Waals surface area contributed by atoms with Crippen molar-refractivity contribution in [3.63, 3.8) is 0 Å². The SMILES string of the molecule is O=S(=O)(NCCNCC=Cc1cccc2ccccc12)c1cccc2cnccc12. The molecule has 1 heterocycles. The molecular formula is C24H23N3O2S. The normalized spacial score (nSPS) is 12.1. The smallest absolute Gasteiger partial charge is 0.241 e. The number of hydrogen-bond acceptors (Lipinski definition) is 4. The Labute approximate surface area is 176 Å². The molecule has 3 aromatic carbocycles. The van der Waals surface area contributed by atoms with Crippen molar-refractivity contribution in [2.45, 2.75) is 4.90 Å². The van der Waals surface area contributed by atoms with Gasteiger partial charge in [0.1, 0.15) is 0 Å². The molecule has 0 atom stereocenters. The maximum Gasteiger partial charge on any atom is 0.241 e. The molecule has 0 fully saturated rings. The molecule has 0 saturated heterocycles. The van der Waals surface area contributed by atoms with Crippen molar-refractivity contribution in [1.82, 2.24) is 15.0 Å². The fraction of sp³-hybridized carbons (Fsp3) is 0.125. The first kappa shape index (κ1) is 20.2. The van der Waals surface area contributed by atoms with Crippen LogP contribution in [0.15, 0.2) is 90.1 Å². The molecule has 0 saturated carbocycles. The van der Waals surface area contributed by atoms with E-state index < -0.39 is 10.0 Å². The van der Waals surface area contributed by atoms with E-state index in [1.54, 1.807) is 30.6 Å². The minimum Gasteiger partial charge on any atom is -0.312 e. The molecule has 30 heavy (non-hydrogen) atoms. The molecule has 0 aliphatic heterocycles. The largest absolute Gasteiger partial charge is 0.312 e. The average molecular weight is 418 g/mol. The number of nitrogens with one attached hydrogen (secondary N) is 2. The molecule has 1 aromatic heterocycles. The molecule has 0 bridgehead atoms. The van der Waals surface area contributed by atoms with E-state index in [-0.39, 0.29) is 4.90 Å². The Morgan fingerprint density at radius 3 is 2.57 bits per heavy atom. The Kier molecular flexibility index (Phi) is 6.18. The topological polar surface area (TPSA) is 71.1 Å². The van der Waals surface area contributed by atoms with E-state index in [2.05, 4.69) is 45.4 Å². The zero-order valence-corrected chi connectivity index (χ0v) is 17.3. The number of nitrogens with zero attached hydrogens (tertiary/aromatic N) is 1. The highest BCUT2D eigenvalue weighted by Gasteiger charge is 2.16. The summed E-state index contributed by atoms with van der Waals surface area (Å²) in [4.78, 5) is 4.32. The maximum absolute atomic E-state index is 12.7. The zero-order valence-electron chi connectivity index (χ0n) is 16.5. The van der Waals surface area contributed by atoms with Crippen molar-refractivity contribution in [1.29, 1.82) is 0 Å². The van der Waals surface area contributed by atoms with E-state index >= 15 is 0 Å². The van der Waals surface area contributed by atoms with Crippen LogP contribution >= 0.6 is 0 Å². The van der Waals surface area contributed by atoms with Gasteiger partial charge < -0.3 is 5.32 Å². The van der Waals surface area contributed by atoms with Gasteiger partial charge in [0.05, 0.1) is 4.90 Å². The highest BCUT2D eigenvalue weighted by atomic mass is 32.2. The van der Waals surface area contributed by atoms with Crippen LogP contribution in [0.5, 0.6) is 0 Å². The van der Waals surface area contributed by atoms with E-state index in [9.17, 15) is 8.42 Å². The zero-order chi connectivity index (χ0) is 20.8. The van der Waals surface area contributed by atoms with Gasteiger partial charge in [-0.3, -0.25) is 4.98 Å². The summed E-state index contributed by atoms with van der Waals surface area (Å²) in [5.74, 6) is 0. The number of benzene rings is 3. The fourth-order valence-electron chi connectivity index (χ4n) is 3.45. The lowest BCUT2D eigenvalue weighted by Crippen LogP contribution is -2.32. The van der Waals surface area contributed by atoms with Crippen LogP contribution in [0.1, 0.15) is 5.56 Å². The van der Waals surface area contributed by atoms with Gasteiger partial charge in [-0.1, -0.05) is 66.7 Å². The summed E-state index contributed by atoms with van der Waals surface area (Å²) in [6.07, 6.45) is 7.40. The molecule has 4 aromatic rings. The lowest BCUT2D eigenvalue weighted by Gasteiger charge is -2.09. The van der Waals surface area contributed by atoms with E-state index in [0.717, 1.165) is 5.39 Å². The van der Waals surface area contributed by atoms with Crippen molar-refractivity contribution in [2.24, 2.45) is 0 Å². The average Bonchev–Trinajstić information content (AvgIpc) is 2.78. The second-order valence-corrected chi connectivity index (χ2v) is 8.66. The molecule has 0 spiro atoms. The van der Waals surface area contributed by atoms with Gasteiger partial charge in [0, 0.05) is 42.8 Å². The van der Waals surface area contributed by atoms with Crippen molar-refractivity contribution in [3.05, 3.63) is 90.8 Å². The number of rotatable bonds is 8. The molecule has 4 rings (SSSR count). The first-order valence-corrected chi connectivity index (χ1v) is 11.3. The quantitative estimate of drug-likeness (QED) is 0.426. The summed E-state index contributed by atoms with van der Waals surface area (Å²) in [7, 11) is -3.58. The molecule has 0 amide bonds. The van der Waals surface area contributed by atoms with Gasteiger partial charge in [0.25, 0.3) is 0 Å². The van der Waals surface area contributed by atoms with E-state index in [1.807, 2.05) is 30.3 Å². The Morgan fingerprint density at radius 1 is 0.833 bits per heavy atom. The van der Waals surface area contributed by atoms with Crippen LogP contribution in [0.3, 0.4) is 0 Å². The highest BCUT2D eigenvalue weighted by molar-refractivity contribution is 7.89. The predicted octanol–water partition coefficient (Wildman–Crippen LogP) is 3.97. The van der Waals surface area contributed by atoms with Crippen LogP contribution in [0.2, 0.25) is 0 Å². The molecule has 152 valence electrons. The second-order valence-electron chi connectivity index (χ2n) is 6.93. The molecule has 6 heteroatoms. The van der Waals surface area contributed by atoms with Crippen molar-refractivity contribution >= 4 is 37.6 Å². The van der Waals surface area contributed by atoms with E-state index in [4.69, 9.17) is 0 Å². The van der Waals surface area contributed by atoms with Crippen LogP contribution < -0.4 is 10.0 Å². The summed E-state index contributed by atoms with van der Waals surface area (Å²) >= 11 is 0. The molecule has 0 aliphatic rings. The summed E-state index contributed by atoms with van der Waals surface area (Å²) in [6, 6.07) is 21.4. The highest BCUT2D eigenvalue weighted by Crippen LogP contribution is 2.21. The third-order valence-electron chi connectivity index (χ3n) is 4.91. The van der Waals surface area contributed by atoms with Crippen LogP contribution in [-0.2, 0) is 10.0 Å². The van der Waals surface area contributed by atoms with Crippen LogP contribution in [0.4, 0.5) is 0 Å². The maximum atomic E-state index is 12.7. The van der Waals surface area contributed by atoms with E-state index in [0.29, 0.717) is 25.0 Å². The molecule has 0 aliphatic carbocycles. The van der Waals surface area contributed by atoms with Gasteiger partial charge in [-0.25, -0.2) is 13.1 Å². The van der Waals surface area contributed by atoms with E-state index in [1.165, 1.54) is 16.3 Å². The van der Waals surface area contributed by atoms with Gasteiger partial charge in [-0.05, 0) is 28.5 Å². The third kappa shape index (κ3) is 4.57. The number of fused-ring (bicyclic) bond motifs is 2. The van der Waals surface area contributed by atoms with Gasteiger partial charge >= 0.3 is 0 Å². The summed E-state index contributed by atoms with van der Waals surface area (Å²) in [5, 5.41) is 7.15. The Balaban J connectivity index is 1.30. The molecular weight excluding hydrogens is 394 g/mol.